The van der Waals surface area contributed by atoms with E-state index in [0.29, 0.717) is 0 Å². The third kappa shape index (κ3) is 4.65. The van der Waals surface area contributed by atoms with E-state index in [2.05, 4.69) is 15.9 Å². The van der Waals surface area contributed by atoms with Gasteiger partial charge in [-0.1, -0.05) is 28.1 Å². The minimum atomic E-state index is -4.21. The maximum absolute atomic E-state index is 12.3. The van der Waals surface area contributed by atoms with E-state index >= 15 is 0 Å². The summed E-state index contributed by atoms with van der Waals surface area (Å²) in [4.78, 5) is 1.21. The lowest BCUT2D eigenvalue weighted by molar-refractivity contribution is -0.147. The van der Waals surface area contributed by atoms with Gasteiger partial charge in [0, 0.05) is 17.1 Å². The monoisotopic (exact) mass is 310 g/mol. The van der Waals surface area contributed by atoms with Gasteiger partial charge in [-0.25, -0.2) is 0 Å². The summed E-state index contributed by atoms with van der Waals surface area (Å²) in [5, 5.41) is 0. The molecule has 17 heavy (non-hydrogen) atoms. The lowest BCUT2D eigenvalue weighted by atomic mass is 10.1. The minimum absolute atomic E-state index is 0.147. The molecular formula is C11H14BrF3N2. The van der Waals surface area contributed by atoms with Gasteiger partial charge in [0.15, 0.2) is 0 Å². The highest BCUT2D eigenvalue weighted by Crippen LogP contribution is 2.24. The number of likely N-dealkylation sites (N-methyl/N-ethyl adjacent to an activating group) is 1. The predicted molar refractivity (Wildman–Crippen MR) is 64.6 cm³/mol. The second-order valence-electron chi connectivity index (χ2n) is 3.83. The van der Waals surface area contributed by atoms with E-state index in [0.717, 1.165) is 10.0 Å². The zero-order chi connectivity index (χ0) is 13.1. The van der Waals surface area contributed by atoms with Crippen LogP contribution in [0.4, 0.5) is 13.2 Å². The number of nitrogens with zero attached hydrogens (tertiary/aromatic N) is 1. The molecular weight excluding hydrogens is 297 g/mol. The lowest BCUT2D eigenvalue weighted by Gasteiger charge is -2.28. The van der Waals surface area contributed by atoms with Crippen LogP contribution < -0.4 is 5.73 Å². The maximum atomic E-state index is 12.3. The molecule has 0 aliphatic carbocycles. The van der Waals surface area contributed by atoms with E-state index < -0.39 is 18.8 Å². The Kier molecular flexibility index (Phi) is 4.97. The molecule has 0 radical (unpaired) electrons. The number of benzene rings is 1. The standard InChI is InChI=1S/C11H14BrF3N2/c1-17(7-11(13,14)15)10(6-16)8-2-4-9(12)5-3-8/h2-5,10H,6-7,16H2,1H3. The Bertz CT molecular complexity index is 351. The highest BCUT2D eigenvalue weighted by molar-refractivity contribution is 9.10. The van der Waals surface area contributed by atoms with Gasteiger partial charge >= 0.3 is 6.18 Å². The molecule has 1 aromatic rings. The molecule has 0 aliphatic heterocycles. The third-order valence-electron chi connectivity index (χ3n) is 2.44. The molecule has 2 nitrogen and oxygen atoms in total. The van der Waals surface area contributed by atoms with Crippen LogP contribution in [0.1, 0.15) is 11.6 Å². The van der Waals surface area contributed by atoms with Crippen molar-refractivity contribution in [3.63, 3.8) is 0 Å². The van der Waals surface area contributed by atoms with E-state index in [1.54, 1.807) is 24.3 Å². The van der Waals surface area contributed by atoms with Crippen molar-refractivity contribution in [3.8, 4) is 0 Å². The molecule has 0 heterocycles. The molecule has 0 saturated carbocycles. The average Bonchev–Trinajstić information content (AvgIpc) is 2.19. The SMILES string of the molecule is CN(CC(F)(F)F)C(CN)c1ccc(Br)cc1. The maximum Gasteiger partial charge on any atom is 0.401 e. The molecule has 96 valence electrons. The number of hydrogen-bond acceptors (Lipinski definition) is 2. The zero-order valence-corrected chi connectivity index (χ0v) is 10.9. The second-order valence-corrected chi connectivity index (χ2v) is 4.75. The van der Waals surface area contributed by atoms with E-state index in [4.69, 9.17) is 5.73 Å². The number of halogens is 4. The highest BCUT2D eigenvalue weighted by atomic mass is 79.9. The summed E-state index contributed by atoms with van der Waals surface area (Å²) in [6.45, 7) is -0.820. The molecule has 1 atom stereocenters. The fourth-order valence-corrected chi connectivity index (χ4v) is 1.91. The van der Waals surface area contributed by atoms with Crippen molar-refractivity contribution in [2.75, 3.05) is 20.1 Å². The van der Waals surface area contributed by atoms with Gasteiger partial charge in [-0.3, -0.25) is 4.90 Å². The largest absolute Gasteiger partial charge is 0.401 e. The summed E-state index contributed by atoms with van der Waals surface area (Å²) in [6, 6.07) is 6.70. The summed E-state index contributed by atoms with van der Waals surface area (Å²) in [5.41, 5.74) is 6.32. The fraction of sp³-hybridized carbons (Fsp3) is 0.455. The highest BCUT2D eigenvalue weighted by Gasteiger charge is 2.32. The Balaban J connectivity index is 2.80. The summed E-state index contributed by atoms with van der Waals surface area (Å²) >= 11 is 3.28. The van der Waals surface area contributed by atoms with Crippen LogP contribution in [0.5, 0.6) is 0 Å². The minimum Gasteiger partial charge on any atom is -0.329 e. The van der Waals surface area contributed by atoms with Crippen LogP contribution in [0.2, 0.25) is 0 Å². The quantitative estimate of drug-likeness (QED) is 0.926. The van der Waals surface area contributed by atoms with Gasteiger partial charge in [0.2, 0.25) is 0 Å². The number of nitrogens with two attached hydrogens (primary N) is 1. The molecule has 6 heteroatoms. The van der Waals surface area contributed by atoms with Crippen molar-refractivity contribution in [2.24, 2.45) is 5.73 Å². The first kappa shape index (κ1) is 14.5. The van der Waals surface area contributed by atoms with Crippen molar-refractivity contribution >= 4 is 15.9 Å². The van der Waals surface area contributed by atoms with Crippen molar-refractivity contribution in [3.05, 3.63) is 34.3 Å². The van der Waals surface area contributed by atoms with Crippen molar-refractivity contribution in [1.29, 1.82) is 0 Å². The normalized spacial score (nSPS) is 14.1. The van der Waals surface area contributed by atoms with E-state index in [-0.39, 0.29) is 6.54 Å². The van der Waals surface area contributed by atoms with Gasteiger partial charge < -0.3 is 5.73 Å². The summed E-state index contributed by atoms with van der Waals surface area (Å²) in [5.74, 6) is 0. The van der Waals surface area contributed by atoms with Gasteiger partial charge in [-0.05, 0) is 24.7 Å². The molecule has 0 aliphatic rings. The van der Waals surface area contributed by atoms with Crippen LogP contribution in [0, 0.1) is 0 Å². The van der Waals surface area contributed by atoms with Crippen molar-refractivity contribution < 1.29 is 13.2 Å². The van der Waals surface area contributed by atoms with Gasteiger partial charge in [0.1, 0.15) is 0 Å². The fourth-order valence-electron chi connectivity index (χ4n) is 1.65. The number of alkyl halides is 3. The summed E-state index contributed by atoms with van der Waals surface area (Å²) in [6.07, 6.45) is -4.21. The second kappa shape index (κ2) is 5.84. The Morgan fingerprint density at radius 3 is 2.24 bits per heavy atom. The lowest BCUT2D eigenvalue weighted by Crippen LogP contribution is -2.37. The van der Waals surface area contributed by atoms with Gasteiger partial charge in [-0.2, -0.15) is 13.2 Å². The van der Waals surface area contributed by atoms with Crippen LogP contribution in [-0.2, 0) is 0 Å². The summed E-state index contributed by atoms with van der Waals surface area (Å²) < 4.78 is 37.8. The molecule has 2 N–H and O–H groups in total. The predicted octanol–water partition coefficient (Wildman–Crippen LogP) is 2.94. The Morgan fingerprint density at radius 2 is 1.82 bits per heavy atom. The molecule has 0 saturated heterocycles. The number of rotatable bonds is 4. The van der Waals surface area contributed by atoms with Gasteiger partial charge in [0.25, 0.3) is 0 Å². The Morgan fingerprint density at radius 1 is 1.29 bits per heavy atom. The van der Waals surface area contributed by atoms with Gasteiger partial charge in [-0.15, -0.1) is 0 Å². The smallest absolute Gasteiger partial charge is 0.329 e. The van der Waals surface area contributed by atoms with E-state index in [1.807, 2.05) is 0 Å². The first-order chi connectivity index (χ1) is 7.83. The van der Waals surface area contributed by atoms with Crippen LogP contribution in [0.3, 0.4) is 0 Å². The average molecular weight is 311 g/mol. The molecule has 0 fully saturated rings. The molecule has 0 amide bonds. The summed E-state index contributed by atoms with van der Waals surface area (Å²) in [7, 11) is 1.42. The van der Waals surface area contributed by atoms with Crippen LogP contribution in [0.15, 0.2) is 28.7 Å². The molecule has 1 aromatic carbocycles. The molecule has 0 spiro atoms. The van der Waals surface area contributed by atoms with E-state index in [1.165, 1.54) is 11.9 Å². The van der Waals surface area contributed by atoms with Crippen LogP contribution >= 0.6 is 15.9 Å². The molecule has 1 unspecified atom stereocenters. The molecule has 1 rings (SSSR count). The Hall–Kier alpha value is -0.590. The molecule has 0 aromatic heterocycles. The first-order valence-electron chi connectivity index (χ1n) is 5.06. The Labute approximate surface area is 107 Å². The van der Waals surface area contributed by atoms with Gasteiger partial charge in [0.05, 0.1) is 6.54 Å². The molecule has 0 bridgehead atoms. The van der Waals surface area contributed by atoms with Crippen molar-refractivity contribution in [2.45, 2.75) is 12.2 Å². The van der Waals surface area contributed by atoms with E-state index in [9.17, 15) is 13.2 Å². The topological polar surface area (TPSA) is 29.3 Å². The van der Waals surface area contributed by atoms with Crippen LogP contribution in [-0.4, -0.2) is 31.2 Å². The third-order valence-corrected chi connectivity index (χ3v) is 2.97. The van der Waals surface area contributed by atoms with Crippen LogP contribution in [0.25, 0.3) is 0 Å². The number of hydrogen-bond donors (Lipinski definition) is 1. The zero-order valence-electron chi connectivity index (χ0n) is 9.34. The van der Waals surface area contributed by atoms with Crippen molar-refractivity contribution in [1.82, 2.24) is 4.90 Å². The first-order valence-corrected chi connectivity index (χ1v) is 5.85.